The normalized spacial score (nSPS) is 18.8. The third-order valence-corrected chi connectivity index (χ3v) is 9.50. The Bertz CT molecular complexity index is 2200. The fraction of sp³-hybridized carbons (Fsp3) is 0.286. The highest BCUT2D eigenvalue weighted by Gasteiger charge is 2.43. The topological polar surface area (TPSA) is 110 Å². The first-order valence-corrected chi connectivity index (χ1v) is 15.7. The molecule has 252 valence electrons. The van der Waals surface area contributed by atoms with Crippen LogP contribution in [0.2, 0.25) is 5.02 Å². The van der Waals surface area contributed by atoms with Crippen LogP contribution >= 0.6 is 11.6 Å². The minimum Gasteiger partial charge on any atom is -0.508 e. The highest BCUT2D eigenvalue weighted by Crippen LogP contribution is 2.50. The van der Waals surface area contributed by atoms with Gasteiger partial charge < -0.3 is 25.2 Å². The summed E-state index contributed by atoms with van der Waals surface area (Å²) in [4.78, 5) is 16.4. The Hall–Kier alpha value is -5.06. The summed E-state index contributed by atoms with van der Waals surface area (Å²) in [7, 11) is 3.30. The van der Waals surface area contributed by atoms with E-state index in [9.17, 15) is 13.9 Å². The lowest BCUT2D eigenvalue weighted by Crippen LogP contribution is -2.38. The predicted octanol–water partition coefficient (Wildman–Crippen LogP) is 6.20. The van der Waals surface area contributed by atoms with Crippen molar-refractivity contribution in [2.45, 2.75) is 30.8 Å². The molecule has 2 aliphatic heterocycles. The van der Waals surface area contributed by atoms with E-state index in [-0.39, 0.29) is 74.5 Å². The maximum Gasteiger partial charge on any atom is 0.319 e. The monoisotopic (exact) mass is 692 g/mol. The van der Waals surface area contributed by atoms with E-state index >= 15 is 8.78 Å². The van der Waals surface area contributed by atoms with Crippen molar-refractivity contribution in [1.82, 2.24) is 19.9 Å². The average Bonchev–Trinajstić information content (AvgIpc) is 3.25. The molecule has 3 N–H and O–H groups in total. The van der Waals surface area contributed by atoms with Gasteiger partial charge >= 0.3 is 6.01 Å². The highest BCUT2D eigenvalue weighted by atomic mass is 35.5. The smallest absolute Gasteiger partial charge is 0.319 e. The second-order valence-corrected chi connectivity index (χ2v) is 12.7. The summed E-state index contributed by atoms with van der Waals surface area (Å²) in [6, 6.07) is 7.40. The predicted molar refractivity (Wildman–Crippen MR) is 179 cm³/mol. The highest BCUT2D eigenvalue weighted by molar-refractivity contribution is 6.37. The Morgan fingerprint density at radius 3 is 2.67 bits per heavy atom. The van der Waals surface area contributed by atoms with Gasteiger partial charge in [0.2, 0.25) is 0 Å². The van der Waals surface area contributed by atoms with Gasteiger partial charge in [0, 0.05) is 36.7 Å². The number of aromatic hydroxyl groups is 1. The Kier molecular flexibility index (Phi) is 8.04. The van der Waals surface area contributed by atoms with Crippen molar-refractivity contribution in [3.63, 3.8) is 0 Å². The van der Waals surface area contributed by atoms with Gasteiger partial charge in [-0.25, -0.2) is 22.5 Å². The van der Waals surface area contributed by atoms with E-state index in [1.54, 1.807) is 31.3 Å². The summed E-state index contributed by atoms with van der Waals surface area (Å²) in [5, 5.41) is 11.1. The molecular weight excluding hydrogens is 664 g/mol. The van der Waals surface area contributed by atoms with Gasteiger partial charge in [0.15, 0.2) is 11.6 Å². The Balaban J connectivity index is 1.44. The molecule has 0 spiro atoms. The van der Waals surface area contributed by atoms with E-state index in [0.717, 1.165) is 11.6 Å². The number of phenols is 1. The Labute approximate surface area is 283 Å². The van der Waals surface area contributed by atoms with Crippen molar-refractivity contribution in [3.8, 4) is 41.0 Å². The molecule has 3 aromatic carbocycles. The lowest BCUT2D eigenvalue weighted by atomic mass is 9.92. The summed E-state index contributed by atoms with van der Waals surface area (Å²) in [5.41, 5.74) is 6.21. The van der Waals surface area contributed by atoms with Crippen LogP contribution in [0.5, 0.6) is 17.5 Å². The molecule has 49 heavy (non-hydrogen) atoms. The Morgan fingerprint density at radius 1 is 1.16 bits per heavy atom. The zero-order valence-corrected chi connectivity index (χ0v) is 27.0. The number of ether oxygens (including phenoxy) is 2. The molecule has 0 aliphatic carbocycles. The second kappa shape index (κ2) is 12.1. The van der Waals surface area contributed by atoms with Gasteiger partial charge in [-0.3, -0.25) is 4.90 Å². The summed E-state index contributed by atoms with van der Waals surface area (Å²) in [6.45, 7) is -0.587. The number of alkyl halides is 2. The zero-order chi connectivity index (χ0) is 34.8. The standard InChI is InChI=1S/C35H29ClF4N6O3/c1-4-22-24(37)8-7-17-11-21(47)12-23(25(17)22)26-28(36)31-27-30(29(26)38)43-34(49-15-20-13-35(39,40)16-45(20)2)44-33(27)46(3)19(14-48-31)10-18-6-5-9-42-32(18)41/h1,5-9,11-12,19-20,47H,10,13-16H2,2-3H3,(H2,41,42)/t19?,20-/m0/s1. The lowest BCUT2D eigenvalue weighted by Gasteiger charge is -2.27. The number of phenolic OH excluding ortho intramolecular Hbond substituents is 1. The van der Waals surface area contributed by atoms with Crippen molar-refractivity contribution < 1.29 is 32.1 Å². The van der Waals surface area contributed by atoms with Crippen LogP contribution in [0.4, 0.5) is 29.2 Å². The first-order valence-electron chi connectivity index (χ1n) is 15.3. The van der Waals surface area contributed by atoms with Gasteiger partial charge in [0.1, 0.15) is 41.9 Å². The van der Waals surface area contributed by atoms with Crippen molar-refractivity contribution in [2.24, 2.45) is 0 Å². The number of pyridine rings is 1. The van der Waals surface area contributed by atoms with Crippen molar-refractivity contribution in [2.75, 3.05) is 44.5 Å². The SMILES string of the molecule is C#Cc1c(F)ccc2cc(O)cc(-c3c(Cl)c4c5c(nc(OC[C@@H]6CC(F)(F)CN6C)nc5c3F)N(C)C(Cc3cccnc3N)CO4)c12. The number of anilines is 2. The molecule has 1 fully saturated rings. The van der Waals surface area contributed by atoms with Gasteiger partial charge in [0.25, 0.3) is 5.92 Å². The van der Waals surface area contributed by atoms with Crippen LogP contribution in [-0.4, -0.2) is 76.8 Å². The molecule has 14 heteroatoms. The van der Waals surface area contributed by atoms with Crippen molar-refractivity contribution in [1.29, 1.82) is 0 Å². The van der Waals surface area contributed by atoms with Crippen molar-refractivity contribution >= 4 is 44.9 Å². The summed E-state index contributed by atoms with van der Waals surface area (Å²) in [6.07, 6.45) is 7.20. The molecule has 2 aromatic heterocycles. The third-order valence-electron chi connectivity index (χ3n) is 9.13. The molecule has 4 heterocycles. The quantitative estimate of drug-likeness (QED) is 0.159. The Morgan fingerprint density at radius 2 is 1.96 bits per heavy atom. The van der Waals surface area contributed by atoms with Gasteiger partial charge in [-0.05, 0) is 54.2 Å². The summed E-state index contributed by atoms with van der Waals surface area (Å²) >= 11 is 7.00. The number of nitrogens with zero attached hydrogens (tertiary/aromatic N) is 5. The molecule has 5 aromatic rings. The number of nitrogens with two attached hydrogens (primary N) is 1. The fourth-order valence-corrected chi connectivity index (χ4v) is 6.98. The molecule has 2 atom stereocenters. The maximum absolute atomic E-state index is 17.1. The number of benzene rings is 3. The lowest BCUT2D eigenvalue weighted by molar-refractivity contribution is 0.0136. The molecule has 0 amide bonds. The number of terminal acetylenes is 1. The number of hydrogen-bond donors (Lipinski definition) is 2. The number of nitrogen functional groups attached to an aromatic ring is 1. The summed E-state index contributed by atoms with van der Waals surface area (Å²) < 4.78 is 72.6. The number of likely N-dealkylation sites (tertiary alicyclic amines) is 1. The van der Waals surface area contributed by atoms with Crippen LogP contribution in [0, 0.1) is 24.0 Å². The fourth-order valence-electron chi connectivity index (χ4n) is 6.64. The molecule has 0 bridgehead atoms. The van der Waals surface area contributed by atoms with Crippen LogP contribution < -0.4 is 20.1 Å². The third kappa shape index (κ3) is 5.64. The number of hydrogen-bond acceptors (Lipinski definition) is 9. The van der Waals surface area contributed by atoms with Gasteiger partial charge in [-0.1, -0.05) is 29.7 Å². The average molecular weight is 693 g/mol. The number of rotatable bonds is 6. The van der Waals surface area contributed by atoms with E-state index in [1.165, 1.54) is 23.1 Å². The minimum atomic E-state index is -2.89. The van der Waals surface area contributed by atoms with E-state index in [1.807, 2.05) is 6.07 Å². The van der Waals surface area contributed by atoms with E-state index in [0.29, 0.717) is 17.6 Å². The first kappa shape index (κ1) is 32.5. The molecular formula is C35H29ClF4N6O3. The van der Waals surface area contributed by atoms with Gasteiger partial charge in [-0.15, -0.1) is 6.42 Å². The van der Waals surface area contributed by atoms with Crippen LogP contribution in [0.25, 0.3) is 32.8 Å². The van der Waals surface area contributed by atoms with Crippen LogP contribution in [-0.2, 0) is 6.42 Å². The molecule has 0 saturated carbocycles. The second-order valence-electron chi connectivity index (χ2n) is 12.3. The number of aromatic nitrogens is 3. The van der Waals surface area contributed by atoms with Crippen molar-refractivity contribution in [3.05, 3.63) is 70.4 Å². The number of likely N-dealkylation sites (N-methyl/N-ethyl adjacent to an activating group) is 2. The largest absolute Gasteiger partial charge is 0.508 e. The van der Waals surface area contributed by atoms with Gasteiger partial charge in [-0.2, -0.15) is 9.97 Å². The molecule has 9 nitrogen and oxygen atoms in total. The van der Waals surface area contributed by atoms with Crippen LogP contribution in [0.1, 0.15) is 17.5 Å². The van der Waals surface area contributed by atoms with Crippen LogP contribution in [0.15, 0.2) is 42.6 Å². The van der Waals surface area contributed by atoms with Crippen LogP contribution in [0.3, 0.4) is 0 Å². The summed E-state index contributed by atoms with van der Waals surface area (Å²) in [5.74, 6) is -1.93. The number of fused-ring (bicyclic) bond motifs is 1. The minimum absolute atomic E-state index is 0.00132. The molecule has 2 aliphatic rings. The molecule has 0 radical (unpaired) electrons. The van der Waals surface area contributed by atoms with E-state index < -0.39 is 42.6 Å². The van der Waals surface area contributed by atoms with E-state index in [2.05, 4.69) is 20.9 Å². The first-order chi connectivity index (χ1) is 23.4. The molecule has 1 saturated heterocycles. The van der Waals surface area contributed by atoms with E-state index in [4.69, 9.17) is 33.2 Å². The number of halogens is 5. The van der Waals surface area contributed by atoms with Gasteiger partial charge in [0.05, 0.1) is 28.6 Å². The molecule has 7 rings (SSSR count). The maximum atomic E-state index is 17.1. The zero-order valence-electron chi connectivity index (χ0n) is 26.3. The molecule has 1 unspecified atom stereocenters.